The van der Waals surface area contributed by atoms with Gasteiger partial charge in [-0.3, -0.25) is 4.90 Å². The summed E-state index contributed by atoms with van der Waals surface area (Å²) in [6, 6.07) is 6.57. The van der Waals surface area contributed by atoms with Crippen molar-refractivity contribution in [2.24, 2.45) is 5.14 Å². The Balaban J connectivity index is 1.39. The van der Waals surface area contributed by atoms with Crippen molar-refractivity contribution >= 4 is 38.7 Å². The van der Waals surface area contributed by atoms with Gasteiger partial charge in [-0.05, 0) is 50.5 Å². The lowest BCUT2D eigenvalue weighted by atomic mass is 10.0. The molecule has 190 valence electrons. The van der Waals surface area contributed by atoms with Crippen molar-refractivity contribution in [3.05, 3.63) is 40.7 Å². The highest BCUT2D eigenvalue weighted by atomic mass is 35.5. The third-order valence-electron chi connectivity index (χ3n) is 5.74. The summed E-state index contributed by atoms with van der Waals surface area (Å²) in [5.74, 6) is -0.0746. The minimum absolute atomic E-state index is 0.00561. The second-order valence-electron chi connectivity index (χ2n) is 8.28. The third-order valence-corrected chi connectivity index (χ3v) is 7.11. The third kappa shape index (κ3) is 5.97. The SMILES string of the molecule is CCOc1cc(CN2CCC(Nc3nc4cc(Cl)c(S(N)(=O)=O)cc4o3)CC2)cc(OCC)c1F. The molecule has 35 heavy (non-hydrogen) atoms. The zero-order valence-corrected chi connectivity index (χ0v) is 21.1. The fraction of sp³-hybridized carbons (Fsp3) is 0.435. The average Bonchev–Trinajstić information content (AvgIpc) is 3.18. The van der Waals surface area contributed by atoms with Crippen molar-refractivity contribution in [1.29, 1.82) is 0 Å². The topological polar surface area (TPSA) is 120 Å². The normalized spacial score (nSPS) is 15.5. The van der Waals surface area contributed by atoms with Crippen LogP contribution in [0.3, 0.4) is 0 Å². The van der Waals surface area contributed by atoms with E-state index in [0.29, 0.717) is 31.3 Å². The molecule has 9 nitrogen and oxygen atoms in total. The molecule has 1 fully saturated rings. The summed E-state index contributed by atoms with van der Waals surface area (Å²) in [7, 11) is -3.97. The number of oxazole rings is 1. The van der Waals surface area contributed by atoms with E-state index < -0.39 is 15.8 Å². The van der Waals surface area contributed by atoms with Gasteiger partial charge in [-0.2, -0.15) is 9.37 Å². The average molecular weight is 527 g/mol. The predicted molar refractivity (Wildman–Crippen MR) is 131 cm³/mol. The Bertz CT molecular complexity index is 1280. The van der Waals surface area contributed by atoms with Crippen molar-refractivity contribution in [1.82, 2.24) is 9.88 Å². The number of fused-ring (bicyclic) bond motifs is 1. The van der Waals surface area contributed by atoms with E-state index in [9.17, 15) is 12.8 Å². The number of nitrogens with two attached hydrogens (primary N) is 1. The number of piperidine rings is 1. The van der Waals surface area contributed by atoms with E-state index in [1.807, 2.05) is 13.8 Å². The number of hydrogen-bond donors (Lipinski definition) is 2. The number of hydrogen-bond acceptors (Lipinski definition) is 8. The summed E-state index contributed by atoms with van der Waals surface area (Å²) < 4.78 is 54.5. The first-order valence-electron chi connectivity index (χ1n) is 11.4. The van der Waals surface area contributed by atoms with Crippen LogP contribution in [0.5, 0.6) is 11.5 Å². The minimum atomic E-state index is -3.97. The summed E-state index contributed by atoms with van der Waals surface area (Å²) >= 11 is 6.03. The van der Waals surface area contributed by atoms with Crippen LogP contribution in [-0.4, -0.2) is 50.6 Å². The van der Waals surface area contributed by atoms with Gasteiger partial charge in [0.15, 0.2) is 17.1 Å². The number of likely N-dealkylation sites (tertiary alicyclic amines) is 1. The Labute approximate surface area is 208 Å². The lowest BCUT2D eigenvalue weighted by molar-refractivity contribution is 0.209. The van der Waals surface area contributed by atoms with Crippen LogP contribution in [0.25, 0.3) is 11.1 Å². The van der Waals surface area contributed by atoms with Gasteiger partial charge >= 0.3 is 0 Å². The van der Waals surface area contributed by atoms with Gasteiger partial charge in [0.2, 0.25) is 15.8 Å². The molecule has 1 aromatic heterocycles. The van der Waals surface area contributed by atoms with Crippen LogP contribution in [0.1, 0.15) is 32.3 Å². The van der Waals surface area contributed by atoms with Crippen LogP contribution in [0.15, 0.2) is 33.6 Å². The Hall–Kier alpha value is -2.60. The maximum Gasteiger partial charge on any atom is 0.295 e. The van der Waals surface area contributed by atoms with E-state index in [1.165, 1.54) is 12.1 Å². The molecule has 0 spiro atoms. The maximum absolute atomic E-state index is 14.5. The Morgan fingerprint density at radius 2 is 1.80 bits per heavy atom. The first-order chi connectivity index (χ1) is 16.7. The molecule has 2 aromatic carbocycles. The summed E-state index contributed by atoms with van der Waals surface area (Å²) in [6.07, 6.45) is 1.67. The fourth-order valence-electron chi connectivity index (χ4n) is 4.12. The lowest BCUT2D eigenvalue weighted by Gasteiger charge is -2.32. The van der Waals surface area contributed by atoms with Crippen LogP contribution in [0, 0.1) is 5.82 Å². The summed E-state index contributed by atoms with van der Waals surface area (Å²) in [5, 5.41) is 8.47. The van der Waals surface area contributed by atoms with Crippen molar-refractivity contribution in [2.75, 3.05) is 31.6 Å². The second-order valence-corrected chi connectivity index (χ2v) is 10.2. The summed E-state index contributed by atoms with van der Waals surface area (Å²) in [6.45, 7) is 6.63. The monoisotopic (exact) mass is 526 g/mol. The van der Waals surface area contributed by atoms with Crippen molar-refractivity contribution in [2.45, 2.75) is 44.2 Å². The lowest BCUT2D eigenvalue weighted by Crippen LogP contribution is -2.38. The van der Waals surface area contributed by atoms with E-state index in [4.69, 9.17) is 30.6 Å². The van der Waals surface area contributed by atoms with E-state index in [1.54, 1.807) is 12.1 Å². The van der Waals surface area contributed by atoms with Gasteiger partial charge in [-0.1, -0.05) is 11.6 Å². The van der Waals surface area contributed by atoms with E-state index >= 15 is 0 Å². The molecule has 2 heterocycles. The number of nitrogens with one attached hydrogen (secondary N) is 1. The Morgan fingerprint density at radius 3 is 2.37 bits per heavy atom. The molecule has 3 aromatic rings. The smallest absolute Gasteiger partial charge is 0.295 e. The number of anilines is 1. The minimum Gasteiger partial charge on any atom is -0.491 e. The molecule has 1 aliphatic rings. The Morgan fingerprint density at radius 1 is 1.17 bits per heavy atom. The van der Waals surface area contributed by atoms with Gasteiger partial charge in [0, 0.05) is 31.7 Å². The molecule has 0 atom stereocenters. The standard InChI is InChI=1S/C23H28ClFN4O5S/c1-3-32-19-9-14(10-20(22(19)25)33-4-2)13-29-7-5-15(6-8-29)27-23-28-17-11-16(24)21(35(26,30)31)12-18(17)34-23/h9-12,15H,3-8,13H2,1-2H3,(H,27,28)(H2,26,30,31). The molecule has 0 amide bonds. The fourth-order valence-corrected chi connectivity index (χ4v) is 5.20. The van der Waals surface area contributed by atoms with E-state index in [-0.39, 0.29) is 33.0 Å². The quantitative estimate of drug-likeness (QED) is 0.427. The molecule has 0 bridgehead atoms. The largest absolute Gasteiger partial charge is 0.491 e. The molecule has 0 unspecified atom stereocenters. The van der Waals surface area contributed by atoms with Crippen molar-refractivity contribution in [3.8, 4) is 11.5 Å². The van der Waals surface area contributed by atoms with Crippen LogP contribution in [-0.2, 0) is 16.6 Å². The zero-order chi connectivity index (χ0) is 25.2. The van der Waals surface area contributed by atoms with Gasteiger partial charge in [0.1, 0.15) is 10.4 Å². The van der Waals surface area contributed by atoms with E-state index in [2.05, 4.69) is 15.2 Å². The van der Waals surface area contributed by atoms with Gasteiger partial charge < -0.3 is 19.2 Å². The zero-order valence-electron chi connectivity index (χ0n) is 19.5. The summed E-state index contributed by atoms with van der Waals surface area (Å²) in [4.78, 5) is 6.44. The van der Waals surface area contributed by atoms with Gasteiger partial charge in [-0.25, -0.2) is 13.6 Å². The molecule has 3 N–H and O–H groups in total. The number of rotatable bonds is 9. The predicted octanol–water partition coefficient (Wildman–Crippen LogP) is 4.14. The van der Waals surface area contributed by atoms with Gasteiger partial charge in [0.05, 0.1) is 18.2 Å². The highest BCUT2D eigenvalue weighted by molar-refractivity contribution is 7.89. The second kappa shape index (κ2) is 10.6. The molecule has 0 saturated carbocycles. The number of aromatic nitrogens is 1. The Kier molecular flexibility index (Phi) is 7.70. The number of sulfonamides is 1. The molecule has 4 rings (SSSR count). The van der Waals surface area contributed by atoms with Crippen LogP contribution >= 0.6 is 11.6 Å². The highest BCUT2D eigenvalue weighted by Crippen LogP contribution is 2.31. The van der Waals surface area contributed by atoms with Gasteiger partial charge in [0.25, 0.3) is 6.01 Å². The molecule has 1 aliphatic heterocycles. The van der Waals surface area contributed by atoms with Crippen LogP contribution in [0.4, 0.5) is 10.4 Å². The molecular formula is C23H28ClFN4O5S. The van der Waals surface area contributed by atoms with E-state index in [0.717, 1.165) is 31.5 Å². The molecule has 0 aliphatic carbocycles. The number of primary sulfonamides is 1. The molecule has 12 heteroatoms. The number of nitrogens with zero attached hydrogens (tertiary/aromatic N) is 2. The van der Waals surface area contributed by atoms with Crippen molar-refractivity contribution in [3.63, 3.8) is 0 Å². The number of benzene rings is 2. The van der Waals surface area contributed by atoms with Gasteiger partial charge in [-0.15, -0.1) is 0 Å². The number of halogens is 2. The first kappa shape index (κ1) is 25.5. The molecular weight excluding hydrogens is 499 g/mol. The van der Waals surface area contributed by atoms with Crippen LogP contribution in [0.2, 0.25) is 5.02 Å². The van der Waals surface area contributed by atoms with Crippen molar-refractivity contribution < 1.29 is 26.7 Å². The highest BCUT2D eigenvalue weighted by Gasteiger charge is 2.23. The molecule has 0 radical (unpaired) electrons. The first-order valence-corrected chi connectivity index (χ1v) is 13.3. The summed E-state index contributed by atoms with van der Waals surface area (Å²) in [5.41, 5.74) is 1.64. The van der Waals surface area contributed by atoms with Crippen LogP contribution < -0.4 is 19.9 Å². The number of ether oxygens (including phenoxy) is 2. The maximum atomic E-state index is 14.5. The molecule has 1 saturated heterocycles.